The number of rotatable bonds is 2. The van der Waals surface area contributed by atoms with Gasteiger partial charge in [-0.2, -0.15) is 0 Å². The zero-order valence-electron chi connectivity index (χ0n) is 30.7. The molecule has 0 atom stereocenters. The number of benzene rings is 7. The number of furan rings is 2. The van der Waals surface area contributed by atoms with Crippen LogP contribution < -0.4 is 32.8 Å². The molecule has 0 saturated carbocycles. The minimum Gasteiger partial charge on any atom is -0.456 e. The Hall–Kier alpha value is -5.93. The van der Waals surface area contributed by atoms with Crippen molar-refractivity contribution in [1.29, 1.82) is 0 Å². The fourth-order valence-electron chi connectivity index (χ4n) is 11.1. The van der Waals surface area contributed by atoms with Crippen LogP contribution in [-0.2, 0) is 0 Å². The van der Waals surface area contributed by atoms with Crippen LogP contribution in [0.4, 0.5) is 0 Å². The lowest BCUT2D eigenvalue weighted by Crippen LogP contribution is -2.64. The minimum absolute atomic E-state index is 0.0241. The van der Waals surface area contributed by atoms with Crippen LogP contribution in [-0.4, -0.2) is 18.0 Å². The SMILES string of the molecule is Cc1cc(C)c(B2c3cccc4c3-n3c5c2cc2c6ccccc6oc2c5c2c5c(cc(c23)B4c2c(C)cc(C)cc2C)oc2ccccc25)c(C)c1. The number of nitrogens with zero attached hydrogens (tertiary/aromatic N) is 1. The lowest BCUT2D eigenvalue weighted by molar-refractivity contribution is 0.669. The first-order valence-electron chi connectivity index (χ1n) is 18.8. The molecule has 12 rings (SSSR count). The van der Waals surface area contributed by atoms with Crippen LogP contribution >= 0.6 is 0 Å². The average molecular weight is 679 g/mol. The molecule has 0 bridgehead atoms. The van der Waals surface area contributed by atoms with Gasteiger partial charge in [-0.15, -0.1) is 0 Å². The van der Waals surface area contributed by atoms with E-state index in [-0.39, 0.29) is 13.4 Å². The van der Waals surface area contributed by atoms with E-state index in [0.29, 0.717) is 0 Å². The van der Waals surface area contributed by atoms with Crippen molar-refractivity contribution in [2.45, 2.75) is 41.5 Å². The molecule has 250 valence electrons. The Labute approximate surface area is 308 Å². The molecule has 10 aromatic rings. The second kappa shape index (κ2) is 9.93. The van der Waals surface area contributed by atoms with Crippen molar-refractivity contribution in [1.82, 2.24) is 4.57 Å². The standard InChI is InChI=1S/C48H35B2NO2/c1-24-18-26(3)43(27(4)19-24)49-33-14-11-15-34-45(33)51-46-36(50(34)44-28(5)20-25(2)21-29(44)6)23-39-40(31-13-8-10-17-38(31)52-39)41(46)42-47(51)35(49)22-32-30-12-7-9-16-37(30)53-48(32)42/h7-23H,1-6H3. The number of aromatic nitrogens is 1. The van der Waals surface area contributed by atoms with Crippen molar-refractivity contribution < 1.29 is 8.83 Å². The monoisotopic (exact) mass is 679 g/mol. The summed E-state index contributed by atoms with van der Waals surface area (Å²) in [5.41, 5.74) is 23.6. The Kier molecular flexibility index (Phi) is 5.55. The van der Waals surface area contributed by atoms with E-state index < -0.39 is 0 Å². The molecule has 0 spiro atoms. The number of aryl methyl sites for hydroxylation is 6. The summed E-state index contributed by atoms with van der Waals surface area (Å²) < 4.78 is 16.5. The molecule has 3 nitrogen and oxygen atoms in total. The molecule has 53 heavy (non-hydrogen) atoms. The molecular weight excluding hydrogens is 644 g/mol. The van der Waals surface area contributed by atoms with E-state index in [1.165, 1.54) is 104 Å². The largest absolute Gasteiger partial charge is 0.456 e. The van der Waals surface area contributed by atoms with Gasteiger partial charge in [0.05, 0.1) is 16.4 Å². The van der Waals surface area contributed by atoms with Crippen LogP contribution in [0.1, 0.15) is 33.4 Å². The van der Waals surface area contributed by atoms with Crippen LogP contribution in [0.5, 0.6) is 0 Å². The Morgan fingerprint density at radius 2 is 0.962 bits per heavy atom. The highest BCUT2D eigenvalue weighted by molar-refractivity contribution is 7.02. The molecule has 7 aromatic carbocycles. The lowest BCUT2D eigenvalue weighted by atomic mass is 9.30. The van der Waals surface area contributed by atoms with E-state index >= 15 is 0 Å². The predicted molar refractivity (Wildman–Crippen MR) is 226 cm³/mol. The highest BCUT2D eigenvalue weighted by Crippen LogP contribution is 2.46. The summed E-state index contributed by atoms with van der Waals surface area (Å²) in [5.74, 6) is 0. The van der Waals surface area contributed by atoms with E-state index in [0.717, 1.165) is 33.1 Å². The second-order valence-electron chi connectivity index (χ2n) is 15.9. The summed E-state index contributed by atoms with van der Waals surface area (Å²) >= 11 is 0. The van der Waals surface area contributed by atoms with Gasteiger partial charge in [0.25, 0.3) is 0 Å². The maximum atomic E-state index is 7.02. The van der Waals surface area contributed by atoms with Gasteiger partial charge in [0, 0.05) is 32.6 Å². The van der Waals surface area contributed by atoms with Crippen LogP contribution in [0, 0.1) is 41.5 Å². The predicted octanol–water partition coefficient (Wildman–Crippen LogP) is 8.09. The van der Waals surface area contributed by atoms with Gasteiger partial charge in [-0.3, -0.25) is 0 Å². The van der Waals surface area contributed by atoms with E-state index in [1.54, 1.807) is 0 Å². The van der Waals surface area contributed by atoms with Crippen molar-refractivity contribution in [2.75, 3.05) is 0 Å². The van der Waals surface area contributed by atoms with Crippen LogP contribution in [0.3, 0.4) is 0 Å². The molecule has 0 N–H and O–H groups in total. The summed E-state index contributed by atoms with van der Waals surface area (Å²) in [4.78, 5) is 0. The van der Waals surface area contributed by atoms with E-state index in [1.807, 2.05) is 0 Å². The van der Waals surface area contributed by atoms with Crippen LogP contribution in [0.15, 0.2) is 112 Å². The summed E-state index contributed by atoms with van der Waals surface area (Å²) in [5, 5.41) is 7.05. The van der Waals surface area contributed by atoms with Gasteiger partial charge in [0.1, 0.15) is 22.3 Å². The first-order valence-corrected chi connectivity index (χ1v) is 18.8. The van der Waals surface area contributed by atoms with Gasteiger partial charge >= 0.3 is 0 Å². The Bertz CT molecular complexity index is 3270. The van der Waals surface area contributed by atoms with Gasteiger partial charge in [0.2, 0.25) is 13.4 Å². The fraction of sp³-hybridized carbons (Fsp3) is 0.125. The van der Waals surface area contributed by atoms with Gasteiger partial charge in [-0.1, -0.05) is 129 Å². The molecule has 3 aromatic heterocycles. The van der Waals surface area contributed by atoms with Gasteiger partial charge in [-0.25, -0.2) is 0 Å². The van der Waals surface area contributed by atoms with Crippen molar-refractivity contribution in [3.05, 3.63) is 137 Å². The normalized spacial score (nSPS) is 13.4. The Morgan fingerprint density at radius 1 is 0.434 bits per heavy atom. The number of para-hydroxylation sites is 3. The summed E-state index contributed by atoms with van der Waals surface area (Å²) in [6.45, 7) is 13.7. The van der Waals surface area contributed by atoms with Crippen molar-refractivity contribution in [3.63, 3.8) is 0 Å². The Balaban J connectivity index is 1.41. The van der Waals surface area contributed by atoms with Crippen molar-refractivity contribution >= 4 is 112 Å². The van der Waals surface area contributed by atoms with E-state index in [9.17, 15) is 0 Å². The number of fused-ring (bicyclic) bond motifs is 9. The molecule has 0 amide bonds. The van der Waals surface area contributed by atoms with Crippen molar-refractivity contribution in [3.8, 4) is 5.69 Å². The quantitative estimate of drug-likeness (QED) is 0.173. The molecule has 0 radical (unpaired) electrons. The molecule has 0 unspecified atom stereocenters. The topological polar surface area (TPSA) is 31.2 Å². The molecule has 0 saturated heterocycles. The Morgan fingerprint density at radius 3 is 1.58 bits per heavy atom. The highest BCUT2D eigenvalue weighted by Gasteiger charge is 2.44. The van der Waals surface area contributed by atoms with E-state index in [2.05, 4.69) is 149 Å². The zero-order chi connectivity index (χ0) is 35.6. The second-order valence-corrected chi connectivity index (χ2v) is 15.9. The van der Waals surface area contributed by atoms with E-state index in [4.69, 9.17) is 8.83 Å². The maximum absolute atomic E-state index is 7.02. The number of hydrogen-bond acceptors (Lipinski definition) is 2. The number of hydrogen-bond donors (Lipinski definition) is 0. The minimum atomic E-state index is 0.0241. The van der Waals surface area contributed by atoms with Gasteiger partial charge < -0.3 is 13.4 Å². The van der Waals surface area contributed by atoms with Crippen LogP contribution in [0.2, 0.25) is 0 Å². The van der Waals surface area contributed by atoms with Gasteiger partial charge in [-0.05, 0) is 81.6 Å². The summed E-state index contributed by atoms with van der Waals surface area (Å²) in [7, 11) is 0. The maximum Gasteiger partial charge on any atom is 0.247 e. The molecule has 5 heteroatoms. The van der Waals surface area contributed by atoms with Crippen molar-refractivity contribution in [2.24, 2.45) is 0 Å². The average Bonchev–Trinajstić information content (AvgIpc) is 3.80. The third-order valence-corrected chi connectivity index (χ3v) is 12.7. The molecule has 2 aliphatic heterocycles. The third kappa shape index (κ3) is 3.58. The van der Waals surface area contributed by atoms with Crippen LogP contribution in [0.25, 0.3) is 71.4 Å². The first-order chi connectivity index (χ1) is 25.8. The molecular formula is C48H35B2NO2. The lowest BCUT2D eigenvalue weighted by Gasteiger charge is -2.35. The molecule has 5 heterocycles. The first kappa shape index (κ1) is 29.6. The fourth-order valence-corrected chi connectivity index (χ4v) is 11.1. The summed E-state index contributed by atoms with van der Waals surface area (Å²) in [6, 6.07) is 38.5. The zero-order valence-corrected chi connectivity index (χ0v) is 30.7. The molecule has 0 aliphatic carbocycles. The summed E-state index contributed by atoms with van der Waals surface area (Å²) in [6.07, 6.45) is 0. The molecule has 2 aliphatic rings. The van der Waals surface area contributed by atoms with Gasteiger partial charge in [0.15, 0.2) is 0 Å². The highest BCUT2D eigenvalue weighted by atomic mass is 16.3. The molecule has 0 fully saturated rings. The smallest absolute Gasteiger partial charge is 0.247 e. The third-order valence-electron chi connectivity index (χ3n) is 12.7.